The Morgan fingerprint density at radius 1 is 1.17 bits per heavy atom. The Balaban J connectivity index is 1.53. The highest BCUT2D eigenvalue weighted by atomic mass is 35.5. The smallest absolute Gasteiger partial charge is 0.226 e. The van der Waals surface area contributed by atoms with Crippen LogP contribution < -0.4 is 0 Å². The molecule has 0 spiro atoms. The SMILES string of the molecule is Cc1oc(-c2ccc(Cl)cc2)nc1CSc1nc2ccncc2[nH]1. The Bertz CT molecular complexity index is 960. The van der Waals surface area contributed by atoms with Crippen LogP contribution in [0.25, 0.3) is 22.5 Å². The molecule has 0 unspecified atom stereocenters. The Kier molecular flexibility index (Phi) is 4.00. The van der Waals surface area contributed by atoms with Crippen molar-refractivity contribution in [2.75, 3.05) is 0 Å². The van der Waals surface area contributed by atoms with Crippen molar-refractivity contribution in [2.45, 2.75) is 17.8 Å². The summed E-state index contributed by atoms with van der Waals surface area (Å²) in [4.78, 5) is 16.5. The van der Waals surface area contributed by atoms with E-state index < -0.39 is 0 Å². The molecule has 1 N–H and O–H groups in total. The van der Waals surface area contributed by atoms with Gasteiger partial charge in [-0.05, 0) is 37.3 Å². The van der Waals surface area contributed by atoms with Crippen molar-refractivity contribution in [1.29, 1.82) is 0 Å². The van der Waals surface area contributed by atoms with E-state index in [1.54, 1.807) is 24.2 Å². The molecule has 0 radical (unpaired) electrons. The van der Waals surface area contributed by atoms with Crippen LogP contribution in [0, 0.1) is 6.92 Å². The van der Waals surface area contributed by atoms with Crippen molar-refractivity contribution >= 4 is 34.4 Å². The molecule has 0 aliphatic heterocycles. The number of H-pyrrole nitrogens is 1. The standard InChI is InChI=1S/C17H13ClN4OS/c1-10-15(20-16(23-10)11-2-4-12(18)5-3-11)9-24-17-21-13-6-7-19-8-14(13)22-17/h2-8H,9H2,1H3,(H,21,22). The van der Waals surface area contributed by atoms with Gasteiger partial charge in [0, 0.05) is 22.5 Å². The van der Waals surface area contributed by atoms with Gasteiger partial charge in [-0.2, -0.15) is 0 Å². The first-order valence-corrected chi connectivity index (χ1v) is 8.70. The Hall–Kier alpha value is -2.31. The summed E-state index contributed by atoms with van der Waals surface area (Å²) in [6.45, 7) is 1.92. The highest BCUT2D eigenvalue weighted by Gasteiger charge is 2.13. The van der Waals surface area contributed by atoms with Crippen molar-refractivity contribution in [3.63, 3.8) is 0 Å². The molecule has 0 saturated heterocycles. The Labute approximate surface area is 147 Å². The number of oxazole rings is 1. The first kappa shape index (κ1) is 15.2. The van der Waals surface area contributed by atoms with Gasteiger partial charge in [-0.1, -0.05) is 23.4 Å². The minimum atomic E-state index is 0.605. The fourth-order valence-corrected chi connectivity index (χ4v) is 3.33. The van der Waals surface area contributed by atoms with Crippen LogP contribution in [0.15, 0.2) is 52.3 Å². The van der Waals surface area contributed by atoms with Crippen LogP contribution in [0.2, 0.25) is 5.02 Å². The largest absolute Gasteiger partial charge is 0.441 e. The zero-order chi connectivity index (χ0) is 16.5. The van der Waals surface area contributed by atoms with Gasteiger partial charge in [0.25, 0.3) is 0 Å². The number of nitrogens with one attached hydrogen (secondary N) is 1. The summed E-state index contributed by atoms with van der Waals surface area (Å²) in [7, 11) is 0. The third kappa shape index (κ3) is 3.02. The van der Waals surface area contributed by atoms with E-state index in [9.17, 15) is 0 Å². The zero-order valence-electron chi connectivity index (χ0n) is 12.8. The first-order chi connectivity index (χ1) is 11.7. The number of fused-ring (bicyclic) bond motifs is 1. The summed E-state index contributed by atoms with van der Waals surface area (Å²) in [5.74, 6) is 2.09. The minimum absolute atomic E-state index is 0.605. The van der Waals surface area contributed by atoms with Gasteiger partial charge in [0.15, 0.2) is 5.16 Å². The number of nitrogens with zero attached hydrogens (tertiary/aromatic N) is 3. The summed E-state index contributed by atoms with van der Waals surface area (Å²) < 4.78 is 5.78. The van der Waals surface area contributed by atoms with E-state index in [4.69, 9.17) is 16.0 Å². The first-order valence-electron chi connectivity index (χ1n) is 7.34. The molecule has 120 valence electrons. The summed E-state index contributed by atoms with van der Waals surface area (Å²) in [5.41, 5.74) is 3.65. The molecular formula is C17H13ClN4OS. The minimum Gasteiger partial charge on any atom is -0.441 e. The number of aromatic amines is 1. The lowest BCUT2D eigenvalue weighted by molar-refractivity contribution is 0.540. The maximum Gasteiger partial charge on any atom is 0.226 e. The fourth-order valence-electron chi connectivity index (χ4n) is 2.32. The van der Waals surface area contributed by atoms with Crippen molar-refractivity contribution < 1.29 is 4.42 Å². The van der Waals surface area contributed by atoms with Crippen LogP contribution >= 0.6 is 23.4 Å². The molecule has 0 aliphatic rings. The number of rotatable bonds is 4. The molecule has 4 rings (SSSR count). The van der Waals surface area contributed by atoms with Gasteiger partial charge in [-0.15, -0.1) is 0 Å². The van der Waals surface area contributed by atoms with E-state index in [1.807, 2.05) is 37.3 Å². The second-order valence-corrected chi connectivity index (χ2v) is 6.65. The van der Waals surface area contributed by atoms with Crippen molar-refractivity contribution in [3.8, 4) is 11.5 Å². The van der Waals surface area contributed by atoms with Gasteiger partial charge in [0.1, 0.15) is 5.76 Å². The molecule has 3 heterocycles. The van der Waals surface area contributed by atoms with Crippen LogP contribution in [0.4, 0.5) is 0 Å². The monoisotopic (exact) mass is 356 g/mol. The lowest BCUT2D eigenvalue weighted by Gasteiger charge is -1.95. The van der Waals surface area contributed by atoms with Gasteiger partial charge >= 0.3 is 0 Å². The highest BCUT2D eigenvalue weighted by molar-refractivity contribution is 7.98. The molecule has 1 aromatic carbocycles. The number of halogens is 1. The van der Waals surface area contributed by atoms with E-state index >= 15 is 0 Å². The fraction of sp³-hybridized carbons (Fsp3) is 0.118. The summed E-state index contributed by atoms with van der Waals surface area (Å²) >= 11 is 7.50. The summed E-state index contributed by atoms with van der Waals surface area (Å²) in [5, 5.41) is 1.53. The number of imidazole rings is 1. The third-order valence-corrected chi connectivity index (χ3v) is 4.73. The molecule has 3 aromatic heterocycles. The second-order valence-electron chi connectivity index (χ2n) is 5.25. The molecule has 4 aromatic rings. The van der Waals surface area contributed by atoms with E-state index in [0.717, 1.165) is 33.2 Å². The molecule has 5 nitrogen and oxygen atoms in total. The second kappa shape index (κ2) is 6.30. The number of pyridine rings is 1. The van der Waals surface area contributed by atoms with E-state index in [1.165, 1.54) is 0 Å². The van der Waals surface area contributed by atoms with E-state index in [0.29, 0.717) is 16.7 Å². The number of thioether (sulfide) groups is 1. The van der Waals surface area contributed by atoms with Crippen LogP contribution in [0.1, 0.15) is 11.5 Å². The predicted octanol–water partition coefficient (Wildman–Crippen LogP) is 4.87. The summed E-state index contributed by atoms with van der Waals surface area (Å²) in [6, 6.07) is 9.34. The Morgan fingerprint density at radius 2 is 2.00 bits per heavy atom. The maximum absolute atomic E-state index is 5.92. The normalized spacial score (nSPS) is 11.2. The molecule has 7 heteroatoms. The predicted molar refractivity (Wildman–Crippen MR) is 95.1 cm³/mol. The number of aryl methyl sites for hydroxylation is 1. The molecule has 0 saturated carbocycles. The van der Waals surface area contributed by atoms with Crippen LogP contribution in [0.3, 0.4) is 0 Å². The van der Waals surface area contributed by atoms with Gasteiger partial charge in [-0.25, -0.2) is 9.97 Å². The van der Waals surface area contributed by atoms with Crippen LogP contribution in [0.5, 0.6) is 0 Å². The number of hydrogen-bond acceptors (Lipinski definition) is 5. The van der Waals surface area contributed by atoms with Gasteiger partial charge in [-0.3, -0.25) is 4.98 Å². The third-order valence-electron chi connectivity index (χ3n) is 3.59. The quantitative estimate of drug-likeness (QED) is 0.528. The Morgan fingerprint density at radius 3 is 2.79 bits per heavy atom. The molecule has 0 atom stereocenters. The van der Waals surface area contributed by atoms with Crippen LogP contribution in [-0.2, 0) is 5.75 Å². The molecule has 0 amide bonds. The van der Waals surface area contributed by atoms with E-state index in [-0.39, 0.29) is 0 Å². The average Bonchev–Trinajstić information content (AvgIpc) is 3.16. The van der Waals surface area contributed by atoms with Crippen LogP contribution in [-0.4, -0.2) is 19.9 Å². The van der Waals surface area contributed by atoms with Gasteiger partial charge in [0.2, 0.25) is 5.89 Å². The molecule has 24 heavy (non-hydrogen) atoms. The van der Waals surface area contributed by atoms with Gasteiger partial charge in [0.05, 0.1) is 22.9 Å². The summed E-state index contributed by atoms with van der Waals surface area (Å²) in [6.07, 6.45) is 3.50. The lowest BCUT2D eigenvalue weighted by atomic mass is 10.2. The van der Waals surface area contributed by atoms with E-state index in [2.05, 4.69) is 19.9 Å². The number of benzene rings is 1. The number of aromatic nitrogens is 4. The molecule has 0 aliphatic carbocycles. The number of hydrogen-bond donors (Lipinski definition) is 1. The average molecular weight is 357 g/mol. The molecular weight excluding hydrogens is 344 g/mol. The zero-order valence-corrected chi connectivity index (χ0v) is 14.4. The topological polar surface area (TPSA) is 67.6 Å². The molecule has 0 bridgehead atoms. The van der Waals surface area contributed by atoms with Crippen molar-refractivity contribution in [2.24, 2.45) is 0 Å². The van der Waals surface area contributed by atoms with Gasteiger partial charge < -0.3 is 9.40 Å². The highest BCUT2D eigenvalue weighted by Crippen LogP contribution is 2.27. The maximum atomic E-state index is 5.92. The van der Waals surface area contributed by atoms with Crippen molar-refractivity contribution in [1.82, 2.24) is 19.9 Å². The molecule has 0 fully saturated rings. The lowest BCUT2D eigenvalue weighted by Crippen LogP contribution is -1.85. The van der Waals surface area contributed by atoms with Crippen molar-refractivity contribution in [3.05, 3.63) is 59.2 Å².